The van der Waals surface area contributed by atoms with E-state index in [1.54, 1.807) is 28.2 Å². The van der Waals surface area contributed by atoms with Crippen LogP contribution < -0.4 is 4.74 Å². The molecule has 7 nitrogen and oxygen atoms in total. The standard InChI is InChI=1S/C17H22N4O3/c1-2-21-10-14(9-19-21)24-16-12-20(11-15(16)22)17(23)7-6-13-5-3-4-8-18-13/h3-5,8-10,15-16,22H,2,6-7,11-12H2,1H3/t15-,16-/m1/s1. The van der Waals surface area contributed by atoms with Crippen LogP contribution in [0.5, 0.6) is 5.75 Å². The van der Waals surface area contributed by atoms with Crippen molar-refractivity contribution in [2.75, 3.05) is 13.1 Å². The molecule has 1 N–H and O–H groups in total. The number of aliphatic hydroxyl groups excluding tert-OH is 1. The molecular formula is C17H22N4O3. The third-order valence-corrected chi connectivity index (χ3v) is 4.13. The Hall–Kier alpha value is -2.41. The van der Waals surface area contributed by atoms with Crippen LogP contribution in [0.4, 0.5) is 0 Å². The summed E-state index contributed by atoms with van der Waals surface area (Å²) in [6.07, 6.45) is 5.01. The molecule has 3 rings (SSSR count). The number of aromatic nitrogens is 3. The second-order valence-electron chi connectivity index (χ2n) is 5.88. The average molecular weight is 330 g/mol. The highest BCUT2D eigenvalue weighted by molar-refractivity contribution is 5.76. The van der Waals surface area contributed by atoms with Crippen molar-refractivity contribution in [2.24, 2.45) is 0 Å². The van der Waals surface area contributed by atoms with Gasteiger partial charge in [-0.05, 0) is 25.5 Å². The number of hydrogen-bond acceptors (Lipinski definition) is 5. The highest BCUT2D eigenvalue weighted by Gasteiger charge is 2.35. The van der Waals surface area contributed by atoms with Gasteiger partial charge in [0.05, 0.1) is 25.5 Å². The van der Waals surface area contributed by atoms with Crippen LogP contribution >= 0.6 is 0 Å². The lowest BCUT2D eigenvalue weighted by molar-refractivity contribution is -0.130. The number of β-amino-alcohol motifs (C(OH)–C–C–N with tert-alkyl or cyclic N) is 1. The van der Waals surface area contributed by atoms with Crippen LogP contribution in [0.15, 0.2) is 36.8 Å². The van der Waals surface area contributed by atoms with E-state index in [-0.39, 0.29) is 5.91 Å². The number of aliphatic hydroxyl groups is 1. The Balaban J connectivity index is 1.51. The first-order valence-electron chi connectivity index (χ1n) is 8.20. The molecule has 0 radical (unpaired) electrons. The summed E-state index contributed by atoms with van der Waals surface area (Å²) >= 11 is 0. The van der Waals surface area contributed by atoms with Gasteiger partial charge in [0, 0.05) is 24.9 Å². The Bertz CT molecular complexity index is 673. The minimum Gasteiger partial charge on any atom is -0.482 e. The lowest BCUT2D eigenvalue weighted by Gasteiger charge is -2.16. The van der Waals surface area contributed by atoms with Crippen molar-refractivity contribution in [2.45, 2.75) is 38.5 Å². The largest absolute Gasteiger partial charge is 0.482 e. The molecule has 2 atom stereocenters. The summed E-state index contributed by atoms with van der Waals surface area (Å²) in [4.78, 5) is 18.2. The SMILES string of the molecule is CCn1cc(O[C@@H]2CN(C(=O)CCc3ccccn3)C[C@H]2O)cn1. The van der Waals surface area contributed by atoms with Crippen molar-refractivity contribution in [3.05, 3.63) is 42.5 Å². The Morgan fingerprint density at radius 3 is 3.00 bits per heavy atom. The molecule has 2 aromatic heterocycles. The van der Waals surface area contributed by atoms with Crippen molar-refractivity contribution in [1.29, 1.82) is 0 Å². The number of pyridine rings is 1. The predicted octanol–water partition coefficient (Wildman–Crippen LogP) is 0.881. The van der Waals surface area contributed by atoms with E-state index >= 15 is 0 Å². The fourth-order valence-corrected chi connectivity index (χ4v) is 2.77. The van der Waals surface area contributed by atoms with Gasteiger partial charge in [0.2, 0.25) is 5.91 Å². The van der Waals surface area contributed by atoms with E-state index in [4.69, 9.17) is 4.74 Å². The minimum absolute atomic E-state index is 0.00931. The molecule has 1 aliphatic heterocycles. The first kappa shape index (κ1) is 16.4. The zero-order valence-electron chi connectivity index (χ0n) is 13.7. The molecular weight excluding hydrogens is 308 g/mol. The van der Waals surface area contributed by atoms with Gasteiger partial charge >= 0.3 is 0 Å². The van der Waals surface area contributed by atoms with E-state index in [1.807, 2.05) is 25.1 Å². The van der Waals surface area contributed by atoms with Crippen LogP contribution in [0, 0.1) is 0 Å². The summed E-state index contributed by atoms with van der Waals surface area (Å²) in [5, 5.41) is 14.3. The Kier molecular flexibility index (Phi) is 5.10. The van der Waals surface area contributed by atoms with Gasteiger partial charge in [0.15, 0.2) is 5.75 Å². The molecule has 0 saturated carbocycles. The normalized spacial score (nSPS) is 20.3. The summed E-state index contributed by atoms with van der Waals surface area (Å²) < 4.78 is 7.53. The summed E-state index contributed by atoms with van der Waals surface area (Å²) in [5.41, 5.74) is 0.894. The highest BCUT2D eigenvalue weighted by atomic mass is 16.5. The predicted molar refractivity (Wildman–Crippen MR) is 87.5 cm³/mol. The summed E-state index contributed by atoms with van der Waals surface area (Å²) in [6, 6.07) is 5.67. The van der Waals surface area contributed by atoms with E-state index in [2.05, 4.69) is 10.1 Å². The quantitative estimate of drug-likeness (QED) is 0.850. The first-order chi connectivity index (χ1) is 11.7. The zero-order valence-corrected chi connectivity index (χ0v) is 13.7. The van der Waals surface area contributed by atoms with Crippen LogP contribution in [-0.4, -0.2) is 56.0 Å². The third kappa shape index (κ3) is 3.91. The second kappa shape index (κ2) is 7.44. The molecule has 0 unspecified atom stereocenters. The Labute approximate surface area is 140 Å². The zero-order chi connectivity index (χ0) is 16.9. The molecule has 0 aliphatic carbocycles. The summed E-state index contributed by atoms with van der Waals surface area (Å²) in [6.45, 7) is 3.44. The van der Waals surface area contributed by atoms with Crippen LogP contribution in [0.2, 0.25) is 0 Å². The number of carbonyl (C=O) groups excluding carboxylic acids is 1. The van der Waals surface area contributed by atoms with Crippen molar-refractivity contribution in [3.8, 4) is 5.75 Å². The number of ether oxygens (including phenoxy) is 1. The maximum atomic E-state index is 12.3. The minimum atomic E-state index is -0.686. The fraction of sp³-hybridized carbons (Fsp3) is 0.471. The molecule has 1 aliphatic rings. The van der Waals surface area contributed by atoms with Crippen LogP contribution in [-0.2, 0) is 17.8 Å². The third-order valence-electron chi connectivity index (χ3n) is 4.13. The van der Waals surface area contributed by atoms with E-state index in [0.29, 0.717) is 31.7 Å². The molecule has 2 aromatic rings. The van der Waals surface area contributed by atoms with Gasteiger partial charge in [-0.1, -0.05) is 6.07 Å². The van der Waals surface area contributed by atoms with Crippen LogP contribution in [0.25, 0.3) is 0 Å². The number of rotatable bonds is 6. The number of likely N-dealkylation sites (tertiary alicyclic amines) is 1. The molecule has 1 fully saturated rings. The number of carbonyl (C=O) groups is 1. The summed E-state index contributed by atoms with van der Waals surface area (Å²) in [7, 11) is 0. The molecule has 0 aromatic carbocycles. The second-order valence-corrected chi connectivity index (χ2v) is 5.88. The van der Waals surface area contributed by atoms with E-state index in [1.165, 1.54) is 0 Å². The van der Waals surface area contributed by atoms with Crippen molar-refractivity contribution >= 4 is 5.91 Å². The monoisotopic (exact) mass is 330 g/mol. The first-order valence-corrected chi connectivity index (χ1v) is 8.20. The van der Waals surface area contributed by atoms with Crippen LogP contribution in [0.1, 0.15) is 19.0 Å². The van der Waals surface area contributed by atoms with Gasteiger partial charge in [0.1, 0.15) is 12.2 Å². The van der Waals surface area contributed by atoms with Gasteiger partial charge in [-0.2, -0.15) is 5.10 Å². The fourth-order valence-electron chi connectivity index (χ4n) is 2.77. The average Bonchev–Trinajstić information content (AvgIpc) is 3.21. The number of nitrogens with zero attached hydrogens (tertiary/aromatic N) is 4. The number of amides is 1. The molecule has 0 bridgehead atoms. The lowest BCUT2D eigenvalue weighted by Crippen LogP contribution is -2.31. The maximum Gasteiger partial charge on any atom is 0.223 e. The maximum absolute atomic E-state index is 12.3. The van der Waals surface area contributed by atoms with Gasteiger partial charge in [-0.25, -0.2) is 0 Å². The highest BCUT2D eigenvalue weighted by Crippen LogP contribution is 2.19. The Morgan fingerprint density at radius 1 is 1.42 bits per heavy atom. The van der Waals surface area contributed by atoms with Gasteiger partial charge in [0.25, 0.3) is 0 Å². The van der Waals surface area contributed by atoms with Crippen LogP contribution in [0.3, 0.4) is 0 Å². The molecule has 1 amide bonds. The van der Waals surface area contributed by atoms with Gasteiger partial charge in [-0.15, -0.1) is 0 Å². The van der Waals surface area contributed by atoms with E-state index < -0.39 is 12.2 Å². The smallest absolute Gasteiger partial charge is 0.223 e. The van der Waals surface area contributed by atoms with Gasteiger partial charge in [-0.3, -0.25) is 14.5 Å². The molecule has 1 saturated heterocycles. The molecule has 0 spiro atoms. The van der Waals surface area contributed by atoms with Crippen molar-refractivity contribution in [3.63, 3.8) is 0 Å². The molecule has 128 valence electrons. The Morgan fingerprint density at radius 2 is 2.29 bits per heavy atom. The summed E-state index contributed by atoms with van der Waals surface area (Å²) in [5.74, 6) is 0.624. The van der Waals surface area contributed by atoms with Gasteiger partial charge < -0.3 is 14.7 Å². The molecule has 24 heavy (non-hydrogen) atoms. The molecule has 7 heteroatoms. The number of hydrogen-bond donors (Lipinski definition) is 1. The van der Waals surface area contributed by atoms with Crippen molar-refractivity contribution in [1.82, 2.24) is 19.7 Å². The lowest BCUT2D eigenvalue weighted by atomic mass is 10.2. The van der Waals surface area contributed by atoms with Crippen molar-refractivity contribution < 1.29 is 14.6 Å². The van der Waals surface area contributed by atoms with E-state index in [9.17, 15) is 9.90 Å². The van der Waals surface area contributed by atoms with E-state index in [0.717, 1.165) is 12.2 Å². The topological polar surface area (TPSA) is 80.5 Å². The molecule has 3 heterocycles. The number of aryl methyl sites for hydroxylation is 2.